The molecule has 0 unspecified atom stereocenters. The van der Waals surface area contributed by atoms with E-state index in [2.05, 4.69) is 15.3 Å². The summed E-state index contributed by atoms with van der Waals surface area (Å²) in [5.41, 5.74) is 3.28. The highest BCUT2D eigenvalue weighted by Crippen LogP contribution is 2.42. The number of anilines is 1. The fourth-order valence-electron chi connectivity index (χ4n) is 2.00. The Morgan fingerprint density at radius 2 is 2.11 bits per heavy atom. The van der Waals surface area contributed by atoms with Crippen LogP contribution in [0.15, 0.2) is 36.7 Å². The van der Waals surface area contributed by atoms with Crippen LogP contribution in [0.2, 0.25) is 0 Å². The van der Waals surface area contributed by atoms with Crippen molar-refractivity contribution in [3.05, 3.63) is 53.6 Å². The third kappa shape index (κ3) is 2.62. The lowest BCUT2D eigenvalue weighted by Crippen LogP contribution is -2.14. The van der Waals surface area contributed by atoms with Gasteiger partial charge < -0.3 is 5.32 Å². The summed E-state index contributed by atoms with van der Waals surface area (Å²) in [6.45, 7) is 1.90. The highest BCUT2D eigenvalue weighted by atomic mass is 16.1. The minimum absolute atomic E-state index is 0.137. The van der Waals surface area contributed by atoms with E-state index in [0.29, 0.717) is 11.5 Å². The average molecular weight is 253 g/mol. The molecule has 0 saturated heterocycles. The molecule has 2 aromatic rings. The molecule has 1 aliphatic carbocycles. The SMILES string of the molecule is Cc1ccc(C(=O)Nc2cccnc2C2CC2)cn1. The summed E-state index contributed by atoms with van der Waals surface area (Å²) in [4.78, 5) is 20.6. The van der Waals surface area contributed by atoms with Crippen LogP contribution in [0.25, 0.3) is 0 Å². The van der Waals surface area contributed by atoms with Gasteiger partial charge in [0.15, 0.2) is 0 Å². The van der Waals surface area contributed by atoms with Gasteiger partial charge in [-0.1, -0.05) is 0 Å². The number of carbonyl (C=O) groups is 1. The minimum atomic E-state index is -0.137. The maximum absolute atomic E-state index is 12.1. The average Bonchev–Trinajstić information content (AvgIpc) is 3.24. The molecule has 4 nitrogen and oxygen atoms in total. The van der Waals surface area contributed by atoms with E-state index in [-0.39, 0.29) is 5.91 Å². The van der Waals surface area contributed by atoms with Crippen LogP contribution < -0.4 is 5.32 Å². The lowest BCUT2D eigenvalue weighted by atomic mass is 10.2. The van der Waals surface area contributed by atoms with Gasteiger partial charge in [0.25, 0.3) is 5.91 Å². The Morgan fingerprint density at radius 1 is 1.26 bits per heavy atom. The molecule has 4 heteroatoms. The number of nitrogens with one attached hydrogen (secondary N) is 1. The molecule has 0 spiro atoms. The molecule has 1 N–H and O–H groups in total. The molecule has 2 aromatic heterocycles. The molecule has 0 aliphatic heterocycles. The van der Waals surface area contributed by atoms with E-state index in [1.807, 2.05) is 25.1 Å². The fraction of sp³-hybridized carbons (Fsp3) is 0.267. The van der Waals surface area contributed by atoms with Crippen LogP contribution in [-0.2, 0) is 0 Å². The van der Waals surface area contributed by atoms with Crippen molar-refractivity contribution in [1.82, 2.24) is 9.97 Å². The zero-order valence-corrected chi connectivity index (χ0v) is 10.8. The van der Waals surface area contributed by atoms with Crippen LogP contribution in [0, 0.1) is 6.92 Å². The highest BCUT2D eigenvalue weighted by Gasteiger charge is 2.27. The maximum atomic E-state index is 12.1. The Morgan fingerprint density at radius 3 is 2.79 bits per heavy atom. The molecule has 2 heterocycles. The van der Waals surface area contributed by atoms with Crippen molar-refractivity contribution in [3.63, 3.8) is 0 Å². The van der Waals surface area contributed by atoms with Crippen LogP contribution in [0.5, 0.6) is 0 Å². The lowest BCUT2D eigenvalue weighted by molar-refractivity contribution is 0.102. The third-order valence-corrected chi connectivity index (χ3v) is 3.22. The number of nitrogens with zero attached hydrogens (tertiary/aromatic N) is 2. The number of hydrogen-bond donors (Lipinski definition) is 1. The second-order valence-electron chi connectivity index (χ2n) is 4.85. The molecule has 1 saturated carbocycles. The first kappa shape index (κ1) is 11.8. The highest BCUT2D eigenvalue weighted by molar-refractivity contribution is 6.04. The minimum Gasteiger partial charge on any atom is -0.320 e. The summed E-state index contributed by atoms with van der Waals surface area (Å²) in [5.74, 6) is 0.370. The van der Waals surface area contributed by atoms with Gasteiger partial charge in [0.1, 0.15) is 0 Å². The summed E-state index contributed by atoms with van der Waals surface area (Å²) in [6.07, 6.45) is 5.69. The van der Waals surface area contributed by atoms with Crippen molar-refractivity contribution in [3.8, 4) is 0 Å². The first-order valence-electron chi connectivity index (χ1n) is 6.43. The third-order valence-electron chi connectivity index (χ3n) is 3.22. The second kappa shape index (κ2) is 4.80. The number of carbonyl (C=O) groups excluding carboxylic acids is 1. The molecule has 96 valence electrons. The van der Waals surface area contributed by atoms with Gasteiger partial charge in [0.2, 0.25) is 0 Å². The molecule has 0 bridgehead atoms. The summed E-state index contributed by atoms with van der Waals surface area (Å²) in [7, 11) is 0. The van der Waals surface area contributed by atoms with Crippen molar-refractivity contribution in [2.45, 2.75) is 25.7 Å². The van der Waals surface area contributed by atoms with Gasteiger partial charge in [-0.2, -0.15) is 0 Å². The standard InChI is InChI=1S/C15H15N3O/c1-10-4-5-12(9-17-10)15(19)18-13-3-2-8-16-14(13)11-6-7-11/h2-5,8-9,11H,6-7H2,1H3,(H,18,19). The Balaban J connectivity index is 1.81. The summed E-state index contributed by atoms with van der Waals surface area (Å²) < 4.78 is 0. The van der Waals surface area contributed by atoms with E-state index in [1.165, 1.54) is 0 Å². The molecule has 19 heavy (non-hydrogen) atoms. The van der Waals surface area contributed by atoms with Gasteiger partial charge in [-0.05, 0) is 44.0 Å². The lowest BCUT2D eigenvalue weighted by Gasteiger charge is -2.09. The van der Waals surface area contributed by atoms with E-state index in [0.717, 1.165) is 29.9 Å². The first-order chi connectivity index (χ1) is 9.24. The van der Waals surface area contributed by atoms with Crippen molar-refractivity contribution >= 4 is 11.6 Å². The van der Waals surface area contributed by atoms with E-state index >= 15 is 0 Å². The Kier molecular flexibility index (Phi) is 2.99. The quantitative estimate of drug-likeness (QED) is 0.915. The molecule has 0 radical (unpaired) electrons. The van der Waals surface area contributed by atoms with E-state index in [4.69, 9.17) is 0 Å². The van der Waals surface area contributed by atoms with Crippen molar-refractivity contribution in [1.29, 1.82) is 0 Å². The Labute approximate surface area is 111 Å². The van der Waals surface area contributed by atoms with Gasteiger partial charge in [0.05, 0.1) is 16.9 Å². The van der Waals surface area contributed by atoms with Gasteiger partial charge in [-0.15, -0.1) is 0 Å². The van der Waals surface area contributed by atoms with E-state index in [9.17, 15) is 4.79 Å². The molecule has 1 fully saturated rings. The van der Waals surface area contributed by atoms with E-state index < -0.39 is 0 Å². The predicted octanol–water partition coefficient (Wildman–Crippen LogP) is 2.91. The van der Waals surface area contributed by atoms with E-state index in [1.54, 1.807) is 18.5 Å². The number of rotatable bonds is 3. The summed E-state index contributed by atoms with van der Waals surface area (Å²) >= 11 is 0. The molecular weight excluding hydrogens is 238 g/mol. The second-order valence-corrected chi connectivity index (χ2v) is 4.85. The number of aromatic nitrogens is 2. The first-order valence-corrected chi connectivity index (χ1v) is 6.43. The van der Waals surface area contributed by atoms with Crippen LogP contribution in [0.4, 0.5) is 5.69 Å². The summed E-state index contributed by atoms with van der Waals surface area (Å²) in [6, 6.07) is 7.36. The monoisotopic (exact) mass is 253 g/mol. The van der Waals surface area contributed by atoms with Crippen molar-refractivity contribution < 1.29 is 4.79 Å². The number of pyridine rings is 2. The normalized spacial score (nSPS) is 14.2. The molecule has 0 aromatic carbocycles. The molecular formula is C15H15N3O. The molecule has 1 amide bonds. The summed E-state index contributed by atoms with van der Waals surface area (Å²) in [5, 5.41) is 2.93. The maximum Gasteiger partial charge on any atom is 0.257 e. The number of aryl methyl sites for hydroxylation is 1. The largest absolute Gasteiger partial charge is 0.320 e. The number of hydrogen-bond acceptors (Lipinski definition) is 3. The van der Waals surface area contributed by atoms with Crippen LogP contribution in [-0.4, -0.2) is 15.9 Å². The Hall–Kier alpha value is -2.23. The Bertz CT molecular complexity index is 603. The van der Waals surface area contributed by atoms with Gasteiger partial charge in [-0.25, -0.2) is 0 Å². The molecule has 0 atom stereocenters. The zero-order chi connectivity index (χ0) is 13.2. The predicted molar refractivity (Wildman–Crippen MR) is 73.1 cm³/mol. The zero-order valence-electron chi connectivity index (χ0n) is 10.8. The van der Waals surface area contributed by atoms with Gasteiger partial charge in [-0.3, -0.25) is 14.8 Å². The van der Waals surface area contributed by atoms with Gasteiger partial charge in [0, 0.05) is 24.0 Å². The van der Waals surface area contributed by atoms with Crippen LogP contribution in [0.3, 0.4) is 0 Å². The molecule has 1 aliphatic rings. The number of amides is 1. The van der Waals surface area contributed by atoms with Gasteiger partial charge >= 0.3 is 0 Å². The van der Waals surface area contributed by atoms with Crippen molar-refractivity contribution in [2.75, 3.05) is 5.32 Å². The van der Waals surface area contributed by atoms with Crippen LogP contribution in [0.1, 0.15) is 40.5 Å². The van der Waals surface area contributed by atoms with Crippen LogP contribution >= 0.6 is 0 Å². The topological polar surface area (TPSA) is 54.9 Å². The van der Waals surface area contributed by atoms with Crippen molar-refractivity contribution in [2.24, 2.45) is 0 Å². The smallest absolute Gasteiger partial charge is 0.257 e. The molecule has 3 rings (SSSR count). The fourth-order valence-corrected chi connectivity index (χ4v) is 2.00.